The van der Waals surface area contributed by atoms with Crippen LogP contribution in [0.15, 0.2) is 18.2 Å². The van der Waals surface area contributed by atoms with E-state index < -0.39 is 0 Å². The molecule has 0 bridgehead atoms. The molecule has 0 aliphatic carbocycles. The third-order valence-corrected chi connectivity index (χ3v) is 5.95. The molecule has 4 nitrogen and oxygen atoms in total. The lowest BCUT2D eigenvalue weighted by molar-refractivity contribution is -0.136. The van der Waals surface area contributed by atoms with Crippen molar-refractivity contribution in [3.8, 4) is 0 Å². The van der Waals surface area contributed by atoms with Crippen molar-refractivity contribution in [2.45, 2.75) is 38.5 Å². The lowest BCUT2D eigenvalue weighted by atomic mass is 9.94. The van der Waals surface area contributed by atoms with Crippen molar-refractivity contribution in [1.82, 2.24) is 9.80 Å². The van der Waals surface area contributed by atoms with Gasteiger partial charge in [0.05, 0.1) is 10.0 Å². The van der Waals surface area contributed by atoms with Gasteiger partial charge in [0.15, 0.2) is 0 Å². The Morgan fingerprint density at radius 2 is 1.48 bits per heavy atom. The standard InChI is InChI=1S/C19H24Cl2N2O2/c20-16-6-5-15(13-17(16)21)19(25)23-11-7-14(8-12-23)18(24)22-9-3-1-2-4-10-22/h5-6,13-14H,1-4,7-12H2. The zero-order valence-electron chi connectivity index (χ0n) is 14.3. The number of carbonyl (C=O) groups is 2. The molecule has 2 amide bonds. The molecular formula is C19H24Cl2N2O2. The van der Waals surface area contributed by atoms with Gasteiger partial charge in [-0.05, 0) is 43.9 Å². The summed E-state index contributed by atoms with van der Waals surface area (Å²) in [6.07, 6.45) is 6.15. The lowest BCUT2D eigenvalue weighted by Gasteiger charge is -2.34. The van der Waals surface area contributed by atoms with Gasteiger partial charge in [0.1, 0.15) is 0 Å². The molecule has 25 heavy (non-hydrogen) atoms. The highest BCUT2D eigenvalue weighted by Gasteiger charge is 2.30. The van der Waals surface area contributed by atoms with Crippen LogP contribution < -0.4 is 0 Å². The zero-order valence-corrected chi connectivity index (χ0v) is 15.9. The van der Waals surface area contributed by atoms with Gasteiger partial charge < -0.3 is 9.80 Å². The fourth-order valence-electron chi connectivity index (χ4n) is 3.69. The molecule has 3 rings (SSSR count). The third kappa shape index (κ3) is 4.48. The largest absolute Gasteiger partial charge is 0.342 e. The van der Waals surface area contributed by atoms with Crippen LogP contribution in [0.3, 0.4) is 0 Å². The Morgan fingerprint density at radius 3 is 2.08 bits per heavy atom. The first kappa shape index (κ1) is 18.5. The smallest absolute Gasteiger partial charge is 0.253 e. The van der Waals surface area contributed by atoms with Crippen molar-refractivity contribution >= 4 is 35.0 Å². The van der Waals surface area contributed by atoms with Crippen molar-refractivity contribution in [2.75, 3.05) is 26.2 Å². The molecule has 2 saturated heterocycles. The van der Waals surface area contributed by atoms with E-state index in [0.29, 0.717) is 28.7 Å². The van der Waals surface area contributed by atoms with E-state index in [-0.39, 0.29) is 17.7 Å². The summed E-state index contributed by atoms with van der Waals surface area (Å²) in [6.45, 7) is 3.01. The molecule has 0 unspecified atom stereocenters. The van der Waals surface area contributed by atoms with E-state index in [9.17, 15) is 9.59 Å². The second-order valence-electron chi connectivity index (χ2n) is 6.93. The topological polar surface area (TPSA) is 40.6 Å². The van der Waals surface area contributed by atoms with Gasteiger partial charge in [-0.25, -0.2) is 0 Å². The van der Waals surface area contributed by atoms with Crippen molar-refractivity contribution in [1.29, 1.82) is 0 Å². The number of carbonyl (C=O) groups excluding carboxylic acids is 2. The Bertz CT molecular complexity index is 634. The normalized spacial score (nSPS) is 19.6. The van der Waals surface area contributed by atoms with Crippen LogP contribution in [-0.4, -0.2) is 47.8 Å². The van der Waals surface area contributed by atoms with Crippen LogP contribution in [0, 0.1) is 5.92 Å². The molecule has 0 spiro atoms. The second-order valence-corrected chi connectivity index (χ2v) is 7.75. The number of amides is 2. The van der Waals surface area contributed by atoms with Crippen LogP contribution >= 0.6 is 23.2 Å². The number of rotatable bonds is 2. The summed E-state index contributed by atoms with van der Waals surface area (Å²) in [5, 5.41) is 0.832. The predicted octanol–water partition coefficient (Wildman–Crippen LogP) is 4.25. The summed E-state index contributed by atoms with van der Waals surface area (Å²) in [6, 6.07) is 4.96. The van der Waals surface area contributed by atoms with Crippen molar-refractivity contribution < 1.29 is 9.59 Å². The van der Waals surface area contributed by atoms with Gasteiger partial charge in [0.2, 0.25) is 5.91 Å². The maximum Gasteiger partial charge on any atom is 0.253 e. The van der Waals surface area contributed by atoms with Crippen molar-refractivity contribution in [3.63, 3.8) is 0 Å². The molecule has 0 saturated carbocycles. The van der Waals surface area contributed by atoms with E-state index in [4.69, 9.17) is 23.2 Å². The quantitative estimate of drug-likeness (QED) is 0.766. The van der Waals surface area contributed by atoms with Crippen molar-refractivity contribution in [2.24, 2.45) is 5.92 Å². The molecule has 0 N–H and O–H groups in total. The number of hydrogen-bond acceptors (Lipinski definition) is 2. The van der Waals surface area contributed by atoms with Crippen LogP contribution in [0.25, 0.3) is 0 Å². The number of benzene rings is 1. The Balaban J connectivity index is 1.56. The molecule has 0 atom stereocenters. The minimum Gasteiger partial charge on any atom is -0.342 e. The lowest BCUT2D eigenvalue weighted by Crippen LogP contribution is -2.44. The third-order valence-electron chi connectivity index (χ3n) is 5.22. The Kier molecular flexibility index (Phi) is 6.24. The molecule has 0 aromatic heterocycles. The highest BCUT2D eigenvalue weighted by molar-refractivity contribution is 6.42. The van der Waals surface area contributed by atoms with Crippen molar-refractivity contribution in [3.05, 3.63) is 33.8 Å². The highest BCUT2D eigenvalue weighted by Crippen LogP contribution is 2.26. The average molecular weight is 383 g/mol. The molecular weight excluding hydrogens is 359 g/mol. The van der Waals surface area contributed by atoms with E-state index in [1.165, 1.54) is 12.8 Å². The molecule has 0 radical (unpaired) electrons. The SMILES string of the molecule is O=C(c1ccc(Cl)c(Cl)c1)N1CCC(C(=O)N2CCCCCC2)CC1. The second kappa shape index (κ2) is 8.41. The maximum atomic E-state index is 12.7. The van der Waals surface area contributed by atoms with E-state index >= 15 is 0 Å². The number of halogens is 2. The van der Waals surface area contributed by atoms with Gasteiger partial charge in [-0.2, -0.15) is 0 Å². The van der Waals surface area contributed by atoms with Crippen LogP contribution in [-0.2, 0) is 4.79 Å². The first-order chi connectivity index (χ1) is 12.1. The van der Waals surface area contributed by atoms with Gasteiger partial charge in [0.25, 0.3) is 5.91 Å². The molecule has 2 aliphatic rings. The molecule has 6 heteroatoms. The van der Waals surface area contributed by atoms with Gasteiger partial charge in [0, 0.05) is 37.7 Å². The number of hydrogen-bond donors (Lipinski definition) is 0. The number of likely N-dealkylation sites (tertiary alicyclic amines) is 2. The Morgan fingerprint density at radius 1 is 0.840 bits per heavy atom. The number of piperidine rings is 1. The first-order valence-electron chi connectivity index (χ1n) is 9.09. The highest BCUT2D eigenvalue weighted by atomic mass is 35.5. The number of nitrogens with zero attached hydrogens (tertiary/aromatic N) is 2. The Labute approximate surface area is 159 Å². The summed E-state index contributed by atoms with van der Waals surface area (Å²) in [7, 11) is 0. The monoisotopic (exact) mass is 382 g/mol. The summed E-state index contributed by atoms with van der Waals surface area (Å²) < 4.78 is 0. The van der Waals surface area contributed by atoms with E-state index in [0.717, 1.165) is 38.8 Å². The fourth-order valence-corrected chi connectivity index (χ4v) is 3.99. The first-order valence-corrected chi connectivity index (χ1v) is 9.85. The average Bonchev–Trinajstić information content (AvgIpc) is 2.92. The van der Waals surface area contributed by atoms with Gasteiger partial charge in [-0.1, -0.05) is 36.0 Å². The maximum absolute atomic E-state index is 12.7. The zero-order chi connectivity index (χ0) is 17.8. The molecule has 2 fully saturated rings. The van der Waals surface area contributed by atoms with Crippen LogP contribution in [0.2, 0.25) is 10.0 Å². The molecule has 2 aliphatic heterocycles. The van der Waals surface area contributed by atoms with E-state index in [1.54, 1.807) is 18.2 Å². The van der Waals surface area contributed by atoms with Crippen LogP contribution in [0.4, 0.5) is 0 Å². The van der Waals surface area contributed by atoms with E-state index in [2.05, 4.69) is 0 Å². The van der Waals surface area contributed by atoms with Gasteiger partial charge in [-0.15, -0.1) is 0 Å². The van der Waals surface area contributed by atoms with Crippen LogP contribution in [0.1, 0.15) is 48.9 Å². The summed E-state index contributed by atoms with van der Waals surface area (Å²) in [5.74, 6) is 0.290. The Hall–Kier alpha value is -1.26. The molecule has 2 heterocycles. The summed E-state index contributed by atoms with van der Waals surface area (Å²) in [4.78, 5) is 29.2. The minimum absolute atomic E-state index is 0.0424. The molecule has 1 aromatic rings. The van der Waals surface area contributed by atoms with Gasteiger partial charge >= 0.3 is 0 Å². The van der Waals surface area contributed by atoms with E-state index in [1.807, 2.05) is 9.80 Å². The predicted molar refractivity (Wildman–Crippen MR) is 100 cm³/mol. The molecule has 136 valence electrons. The van der Waals surface area contributed by atoms with Crippen LogP contribution in [0.5, 0.6) is 0 Å². The minimum atomic E-state index is -0.0424. The fraction of sp³-hybridized carbons (Fsp3) is 0.579. The van der Waals surface area contributed by atoms with Gasteiger partial charge in [-0.3, -0.25) is 9.59 Å². The summed E-state index contributed by atoms with van der Waals surface area (Å²) >= 11 is 11.9. The summed E-state index contributed by atoms with van der Waals surface area (Å²) in [5.41, 5.74) is 0.548. The molecule has 1 aromatic carbocycles.